The fourth-order valence-electron chi connectivity index (χ4n) is 5.07. The van der Waals surface area contributed by atoms with Gasteiger partial charge in [-0.05, 0) is 50.1 Å². The van der Waals surface area contributed by atoms with E-state index in [9.17, 15) is 23.6 Å². The summed E-state index contributed by atoms with van der Waals surface area (Å²) in [4.78, 5) is 52.8. The van der Waals surface area contributed by atoms with Crippen LogP contribution in [0.15, 0.2) is 59.4 Å². The van der Waals surface area contributed by atoms with Gasteiger partial charge >= 0.3 is 5.97 Å². The van der Waals surface area contributed by atoms with Crippen LogP contribution in [0, 0.1) is 12.7 Å². The second-order valence-electron chi connectivity index (χ2n) is 9.39. The van der Waals surface area contributed by atoms with Crippen LogP contribution >= 0.6 is 11.8 Å². The van der Waals surface area contributed by atoms with Crippen molar-refractivity contribution in [3.05, 3.63) is 82.0 Å². The van der Waals surface area contributed by atoms with Crippen molar-refractivity contribution in [1.29, 1.82) is 0 Å². The lowest BCUT2D eigenvalue weighted by Gasteiger charge is -2.33. The molecule has 9 nitrogen and oxygen atoms in total. The summed E-state index contributed by atoms with van der Waals surface area (Å²) < 4.78 is 22.1. The summed E-state index contributed by atoms with van der Waals surface area (Å²) in [6.07, 6.45) is -0.469. The van der Waals surface area contributed by atoms with Gasteiger partial charge in [0, 0.05) is 19.2 Å². The van der Waals surface area contributed by atoms with E-state index in [2.05, 4.69) is 5.32 Å². The van der Waals surface area contributed by atoms with Gasteiger partial charge in [0.15, 0.2) is 6.10 Å². The number of nitrogens with zero attached hydrogens (tertiary/aromatic N) is 3. The minimum atomic E-state index is -1.21. The molecule has 0 unspecified atom stereocenters. The predicted octanol–water partition coefficient (Wildman–Crippen LogP) is 3.08. The molecular weight excluding hydrogens is 511 g/mol. The zero-order chi connectivity index (χ0) is 27.2. The van der Waals surface area contributed by atoms with Crippen molar-refractivity contribution < 1.29 is 23.5 Å². The number of carbonyl (C=O) groups is 3. The molecule has 0 saturated carbocycles. The molecule has 3 aromatic rings. The number of benzene rings is 2. The Morgan fingerprint density at radius 2 is 1.82 bits per heavy atom. The molecule has 3 heterocycles. The average molecular weight is 539 g/mol. The Kier molecular flexibility index (Phi) is 6.64. The number of anilines is 1. The first kappa shape index (κ1) is 25.8. The van der Waals surface area contributed by atoms with E-state index in [1.54, 1.807) is 55.1 Å². The van der Waals surface area contributed by atoms with Gasteiger partial charge in [0.2, 0.25) is 5.91 Å². The SMILES string of the molecule is Cc1c(NC(=O)[C@H](C)OC(=O)[C@@H]2CS[C@@]3(c4ccc(F)cc4)CCC(=O)N23)c(=O)n(-c2ccccc2)n1C. The Bertz CT molecular complexity index is 1470. The second kappa shape index (κ2) is 9.79. The Morgan fingerprint density at radius 3 is 2.50 bits per heavy atom. The minimum Gasteiger partial charge on any atom is -0.451 e. The van der Waals surface area contributed by atoms with E-state index in [0.717, 1.165) is 5.56 Å². The molecule has 3 atom stereocenters. The maximum atomic E-state index is 13.5. The second-order valence-corrected chi connectivity index (χ2v) is 10.7. The van der Waals surface area contributed by atoms with Crippen molar-refractivity contribution in [1.82, 2.24) is 14.3 Å². The Hall–Kier alpha value is -3.86. The smallest absolute Gasteiger partial charge is 0.330 e. The Labute approximate surface area is 222 Å². The number of rotatable bonds is 6. The van der Waals surface area contributed by atoms with Crippen LogP contribution in [0.25, 0.3) is 5.69 Å². The van der Waals surface area contributed by atoms with E-state index in [0.29, 0.717) is 17.8 Å². The third-order valence-electron chi connectivity index (χ3n) is 7.16. The van der Waals surface area contributed by atoms with Crippen LogP contribution in [0.4, 0.5) is 10.1 Å². The van der Waals surface area contributed by atoms with Crippen molar-refractivity contribution in [2.24, 2.45) is 7.05 Å². The van der Waals surface area contributed by atoms with Crippen molar-refractivity contribution >= 4 is 35.2 Å². The number of carbonyl (C=O) groups excluding carboxylic acids is 3. The standard InChI is InChI=1S/C27H27FN4O5S/c1-16-23(25(35)32(30(16)3)20-7-5-4-6-8-20)29-24(34)17(2)37-26(36)21-15-38-27(14-13-22(33)31(21)27)18-9-11-19(28)12-10-18/h4-12,17,21H,13-15H2,1-3H3,(H,29,34)/t17-,21-,27+/m0/s1. The number of fused-ring (bicyclic) bond motifs is 1. The highest BCUT2D eigenvalue weighted by Crippen LogP contribution is 2.54. The van der Waals surface area contributed by atoms with E-state index in [4.69, 9.17) is 4.74 Å². The van der Waals surface area contributed by atoms with E-state index >= 15 is 0 Å². The van der Waals surface area contributed by atoms with Crippen LogP contribution in [-0.4, -0.2) is 49.9 Å². The molecule has 2 aromatic carbocycles. The predicted molar refractivity (Wildman–Crippen MR) is 140 cm³/mol. The molecular formula is C27H27FN4O5S. The largest absolute Gasteiger partial charge is 0.451 e. The van der Waals surface area contributed by atoms with Gasteiger partial charge in [-0.3, -0.25) is 19.1 Å². The van der Waals surface area contributed by atoms with Gasteiger partial charge in [0.1, 0.15) is 22.4 Å². The van der Waals surface area contributed by atoms with Gasteiger partial charge in [0.05, 0.1) is 11.4 Å². The lowest BCUT2D eigenvalue weighted by molar-refractivity contribution is -0.160. The number of nitrogens with one attached hydrogen (secondary N) is 1. The highest BCUT2D eigenvalue weighted by atomic mass is 32.2. The Balaban J connectivity index is 1.31. The van der Waals surface area contributed by atoms with Crippen molar-refractivity contribution in [3.63, 3.8) is 0 Å². The molecule has 1 N–H and O–H groups in total. The van der Waals surface area contributed by atoms with Crippen molar-refractivity contribution in [2.75, 3.05) is 11.1 Å². The topological polar surface area (TPSA) is 103 Å². The number of aromatic nitrogens is 2. The number of thioether (sulfide) groups is 1. The van der Waals surface area contributed by atoms with Crippen LogP contribution in [0.5, 0.6) is 0 Å². The summed E-state index contributed by atoms with van der Waals surface area (Å²) in [6, 6.07) is 14.0. The monoisotopic (exact) mass is 538 g/mol. The molecule has 2 fully saturated rings. The summed E-state index contributed by atoms with van der Waals surface area (Å²) in [5.41, 5.74) is 1.59. The highest BCUT2D eigenvalue weighted by molar-refractivity contribution is 8.00. The van der Waals surface area contributed by atoms with Crippen LogP contribution in [-0.2, 0) is 31.0 Å². The molecule has 1 aromatic heterocycles. The number of amides is 2. The van der Waals surface area contributed by atoms with Gasteiger partial charge in [-0.2, -0.15) is 0 Å². The molecule has 11 heteroatoms. The lowest BCUT2D eigenvalue weighted by Crippen LogP contribution is -2.48. The molecule has 0 bridgehead atoms. The van der Waals surface area contributed by atoms with Crippen LogP contribution < -0.4 is 10.9 Å². The number of para-hydroxylation sites is 1. The summed E-state index contributed by atoms with van der Waals surface area (Å²) in [6.45, 7) is 3.12. The number of halogens is 1. The average Bonchev–Trinajstić information content (AvgIpc) is 3.52. The van der Waals surface area contributed by atoms with Crippen LogP contribution in [0.2, 0.25) is 0 Å². The third kappa shape index (κ3) is 4.20. The number of ether oxygens (including phenoxy) is 1. The van der Waals surface area contributed by atoms with Gasteiger partial charge in [-0.15, -0.1) is 11.8 Å². The van der Waals surface area contributed by atoms with Crippen molar-refractivity contribution in [3.8, 4) is 5.69 Å². The fourth-order valence-corrected chi connectivity index (χ4v) is 6.71. The molecule has 198 valence electrons. The summed E-state index contributed by atoms with van der Waals surface area (Å²) >= 11 is 1.44. The molecule has 0 aliphatic carbocycles. The highest BCUT2D eigenvalue weighted by Gasteiger charge is 2.57. The molecule has 2 amide bonds. The van der Waals surface area contributed by atoms with E-state index in [1.807, 2.05) is 6.07 Å². The van der Waals surface area contributed by atoms with Gasteiger partial charge in [0.25, 0.3) is 11.5 Å². The van der Waals surface area contributed by atoms with E-state index < -0.39 is 34.5 Å². The Morgan fingerprint density at radius 1 is 1.13 bits per heavy atom. The van der Waals surface area contributed by atoms with Gasteiger partial charge in [-0.1, -0.05) is 30.3 Å². The minimum absolute atomic E-state index is 0.0886. The molecule has 2 aliphatic rings. The zero-order valence-electron chi connectivity index (χ0n) is 21.1. The van der Waals surface area contributed by atoms with Crippen LogP contribution in [0.3, 0.4) is 0 Å². The summed E-state index contributed by atoms with van der Waals surface area (Å²) in [7, 11) is 1.71. The first-order valence-electron chi connectivity index (χ1n) is 12.2. The molecule has 2 saturated heterocycles. The lowest BCUT2D eigenvalue weighted by atomic mass is 10.0. The molecule has 0 radical (unpaired) electrons. The summed E-state index contributed by atoms with van der Waals surface area (Å²) in [5.74, 6) is -1.65. The van der Waals surface area contributed by atoms with E-state index in [-0.39, 0.29) is 29.6 Å². The quantitative estimate of drug-likeness (QED) is 0.484. The van der Waals surface area contributed by atoms with Crippen LogP contribution in [0.1, 0.15) is 31.0 Å². The first-order valence-corrected chi connectivity index (χ1v) is 13.2. The fraction of sp³-hybridized carbons (Fsp3) is 0.333. The molecule has 38 heavy (non-hydrogen) atoms. The number of esters is 1. The molecule has 2 aliphatic heterocycles. The molecule has 0 spiro atoms. The maximum absolute atomic E-state index is 13.5. The molecule has 5 rings (SSSR count). The van der Waals surface area contributed by atoms with Crippen molar-refractivity contribution in [2.45, 2.75) is 43.7 Å². The number of hydrogen-bond acceptors (Lipinski definition) is 6. The normalized spacial score (nSPS) is 21.3. The first-order chi connectivity index (χ1) is 18.1. The maximum Gasteiger partial charge on any atom is 0.330 e. The van der Waals surface area contributed by atoms with E-state index in [1.165, 1.54) is 40.4 Å². The zero-order valence-corrected chi connectivity index (χ0v) is 22.0. The third-order valence-corrected chi connectivity index (χ3v) is 8.76. The summed E-state index contributed by atoms with van der Waals surface area (Å²) in [5, 5.41) is 2.61. The van der Waals surface area contributed by atoms with Gasteiger partial charge < -0.3 is 15.0 Å². The number of hydrogen-bond donors (Lipinski definition) is 1. The van der Waals surface area contributed by atoms with Gasteiger partial charge in [-0.25, -0.2) is 13.9 Å².